The number of allylic oxidation sites excluding steroid dienone is 2. The van der Waals surface area contributed by atoms with Crippen LogP contribution in [0, 0.1) is 22.7 Å². The van der Waals surface area contributed by atoms with Gasteiger partial charge in [0, 0.05) is 11.3 Å². The Balaban J connectivity index is 1.64. The molecule has 148 valence electrons. The lowest BCUT2D eigenvalue weighted by Crippen LogP contribution is -2.59. The van der Waals surface area contributed by atoms with Gasteiger partial charge in [0.25, 0.3) is 0 Å². The van der Waals surface area contributed by atoms with Crippen molar-refractivity contribution in [3.8, 4) is 0 Å². The summed E-state index contributed by atoms with van der Waals surface area (Å²) in [6.07, 6.45) is 8.90. The summed E-state index contributed by atoms with van der Waals surface area (Å²) in [5.74, 6) is 0.123. The topological polar surface area (TPSA) is 82.1 Å². The Bertz CT molecular complexity index is 785. The van der Waals surface area contributed by atoms with Crippen molar-refractivity contribution in [1.82, 2.24) is 0 Å². The number of hydrogen-bond donors (Lipinski definition) is 1. The number of fused-ring (bicyclic) bond motifs is 3. The van der Waals surface area contributed by atoms with Crippen LogP contribution in [-0.4, -0.2) is 30.2 Å². The highest BCUT2D eigenvalue weighted by molar-refractivity contribution is 7.47. The largest absolute Gasteiger partial charge is 0.472 e. The smallest absolute Gasteiger partial charge is 0.458 e. The summed E-state index contributed by atoms with van der Waals surface area (Å²) in [7, 11) is -3.94. The van der Waals surface area contributed by atoms with Crippen molar-refractivity contribution in [2.24, 2.45) is 22.7 Å². The van der Waals surface area contributed by atoms with Gasteiger partial charge in [-0.05, 0) is 43.1 Å². The summed E-state index contributed by atoms with van der Waals surface area (Å²) in [6.45, 7) is 9.26. The molecule has 4 aliphatic rings. The van der Waals surface area contributed by atoms with Gasteiger partial charge in [0.2, 0.25) is 0 Å². The molecule has 2 heterocycles. The lowest BCUT2D eigenvalue weighted by Gasteiger charge is -2.61. The fourth-order valence-corrected chi connectivity index (χ4v) is 6.92. The molecule has 6 atom stereocenters. The van der Waals surface area contributed by atoms with Crippen molar-refractivity contribution in [3.63, 3.8) is 0 Å². The minimum atomic E-state index is -3.94. The number of phosphoric ester groups is 1. The van der Waals surface area contributed by atoms with E-state index < -0.39 is 7.82 Å². The molecule has 6 nitrogen and oxygen atoms in total. The second kappa shape index (κ2) is 6.41. The SMILES string of the molecule is C=C1CC[C@@H]2[C@]3(C)COP(=O)(O)O[C@H]3CC[C@@]2(C)[C@@H]1C=CC1=CCOC1=O. The molecular formula is C20H27O6P. The van der Waals surface area contributed by atoms with Gasteiger partial charge < -0.3 is 9.63 Å². The molecule has 0 spiro atoms. The molecule has 3 fully saturated rings. The van der Waals surface area contributed by atoms with Crippen molar-refractivity contribution in [1.29, 1.82) is 0 Å². The molecule has 1 N–H and O–H groups in total. The lowest BCUT2D eigenvalue weighted by atomic mass is 9.46. The zero-order valence-corrected chi connectivity index (χ0v) is 16.7. The van der Waals surface area contributed by atoms with E-state index >= 15 is 0 Å². The molecule has 0 aromatic carbocycles. The zero-order valence-electron chi connectivity index (χ0n) is 15.8. The standard InChI is InChI=1S/C20H27O6P/c1-13-4-7-16-19(2,15(13)6-5-14-9-11-24-18(14)21)10-8-17-20(16,3)12-25-27(22,23)26-17/h5-6,9,15-17H,1,4,7-8,10-12H2,2-3H3,(H,22,23)/t15-,16+,17+,19+,20+/m1/s1. The quantitative estimate of drug-likeness (QED) is 0.434. The van der Waals surface area contributed by atoms with Gasteiger partial charge in [0.15, 0.2) is 0 Å². The molecule has 0 bridgehead atoms. The van der Waals surface area contributed by atoms with Crippen molar-refractivity contribution in [3.05, 3.63) is 36.0 Å². The number of ether oxygens (including phenoxy) is 1. The monoisotopic (exact) mass is 394 g/mol. The van der Waals surface area contributed by atoms with E-state index in [1.54, 1.807) is 6.08 Å². The average molecular weight is 394 g/mol. The highest BCUT2D eigenvalue weighted by Gasteiger charge is 2.61. The first-order valence-electron chi connectivity index (χ1n) is 9.55. The summed E-state index contributed by atoms with van der Waals surface area (Å²) >= 11 is 0. The predicted octanol–water partition coefficient (Wildman–Crippen LogP) is 3.93. The summed E-state index contributed by atoms with van der Waals surface area (Å²) in [5, 5.41) is 0. The van der Waals surface area contributed by atoms with Crippen LogP contribution < -0.4 is 0 Å². The maximum atomic E-state index is 11.9. The van der Waals surface area contributed by atoms with E-state index in [2.05, 4.69) is 26.5 Å². The minimum absolute atomic E-state index is 0.0658. The van der Waals surface area contributed by atoms with Gasteiger partial charge in [-0.1, -0.05) is 38.2 Å². The van der Waals surface area contributed by atoms with Crippen molar-refractivity contribution in [2.45, 2.75) is 45.6 Å². The number of phosphoric acid groups is 1. The Kier molecular flexibility index (Phi) is 4.54. The van der Waals surface area contributed by atoms with Crippen LogP contribution in [0.25, 0.3) is 0 Å². The van der Waals surface area contributed by atoms with E-state index in [9.17, 15) is 14.3 Å². The summed E-state index contributed by atoms with van der Waals surface area (Å²) in [6, 6.07) is 0. The van der Waals surface area contributed by atoms with Crippen molar-refractivity contribution < 1.29 is 28.0 Å². The molecule has 1 saturated heterocycles. The van der Waals surface area contributed by atoms with Crippen LogP contribution in [-0.2, 0) is 23.1 Å². The Hall–Kier alpha value is -1.20. The minimum Gasteiger partial charge on any atom is -0.458 e. The zero-order chi connectivity index (χ0) is 19.4. The molecule has 7 heteroatoms. The van der Waals surface area contributed by atoms with Gasteiger partial charge in [-0.3, -0.25) is 9.05 Å². The van der Waals surface area contributed by atoms with Crippen LogP contribution in [0.15, 0.2) is 36.0 Å². The first-order chi connectivity index (χ1) is 12.7. The van der Waals surface area contributed by atoms with Crippen molar-refractivity contribution >= 4 is 13.8 Å². The van der Waals surface area contributed by atoms with Gasteiger partial charge in [0.05, 0.1) is 18.3 Å². The molecule has 4 rings (SSSR count). The molecule has 1 unspecified atom stereocenters. The Morgan fingerprint density at radius 1 is 1.33 bits per heavy atom. The molecule has 2 aliphatic carbocycles. The molecule has 2 aliphatic heterocycles. The first-order valence-corrected chi connectivity index (χ1v) is 11.0. The molecule has 27 heavy (non-hydrogen) atoms. The number of cyclic esters (lactones) is 1. The highest BCUT2D eigenvalue weighted by atomic mass is 31.2. The molecule has 0 radical (unpaired) electrons. The van der Waals surface area contributed by atoms with Gasteiger partial charge in [0.1, 0.15) is 6.61 Å². The van der Waals surface area contributed by atoms with Crippen LogP contribution >= 0.6 is 7.82 Å². The number of carbonyl (C=O) groups is 1. The molecule has 2 saturated carbocycles. The van der Waals surface area contributed by atoms with Gasteiger partial charge in [-0.25, -0.2) is 9.36 Å². The normalized spacial score (nSPS) is 47.4. The number of hydrogen-bond acceptors (Lipinski definition) is 5. The van der Waals surface area contributed by atoms with E-state index in [0.29, 0.717) is 18.6 Å². The Morgan fingerprint density at radius 3 is 2.81 bits per heavy atom. The van der Waals surface area contributed by atoms with Crippen LogP contribution in [0.1, 0.15) is 39.5 Å². The van der Waals surface area contributed by atoms with Gasteiger partial charge >= 0.3 is 13.8 Å². The van der Waals surface area contributed by atoms with Gasteiger partial charge in [-0.2, -0.15) is 0 Å². The molecule has 0 amide bonds. The third kappa shape index (κ3) is 3.07. The number of esters is 1. The third-order valence-electron chi connectivity index (χ3n) is 7.20. The first kappa shape index (κ1) is 19.1. The van der Waals surface area contributed by atoms with Crippen LogP contribution in [0.3, 0.4) is 0 Å². The lowest BCUT2D eigenvalue weighted by molar-refractivity contribution is -0.164. The van der Waals surface area contributed by atoms with Crippen LogP contribution in [0.4, 0.5) is 0 Å². The summed E-state index contributed by atoms with van der Waals surface area (Å²) in [4.78, 5) is 21.5. The second-order valence-electron chi connectivity index (χ2n) is 8.73. The second-order valence-corrected chi connectivity index (χ2v) is 10.1. The van der Waals surface area contributed by atoms with Gasteiger partial charge in [-0.15, -0.1) is 0 Å². The Morgan fingerprint density at radius 2 is 2.11 bits per heavy atom. The summed E-state index contributed by atoms with van der Waals surface area (Å²) in [5.41, 5.74) is 1.38. The third-order valence-corrected chi connectivity index (χ3v) is 8.17. The van der Waals surface area contributed by atoms with E-state index in [4.69, 9.17) is 13.8 Å². The maximum absolute atomic E-state index is 11.9. The fraction of sp³-hybridized carbons (Fsp3) is 0.650. The van der Waals surface area contributed by atoms with E-state index in [1.165, 1.54) is 5.57 Å². The van der Waals surface area contributed by atoms with E-state index in [1.807, 2.05) is 6.08 Å². The Labute approximate surface area is 159 Å². The van der Waals surface area contributed by atoms with Crippen molar-refractivity contribution in [2.75, 3.05) is 13.2 Å². The fourth-order valence-electron chi connectivity index (χ4n) is 5.75. The molecule has 0 aromatic heterocycles. The number of carbonyl (C=O) groups excluding carboxylic acids is 1. The maximum Gasteiger partial charge on any atom is 0.472 e. The van der Waals surface area contributed by atoms with Crippen LogP contribution in [0.5, 0.6) is 0 Å². The highest BCUT2D eigenvalue weighted by Crippen LogP contribution is 2.66. The summed E-state index contributed by atoms with van der Waals surface area (Å²) < 4.78 is 27.6. The number of rotatable bonds is 2. The average Bonchev–Trinajstić information content (AvgIpc) is 3.00. The van der Waals surface area contributed by atoms with E-state index in [-0.39, 0.29) is 41.3 Å². The predicted molar refractivity (Wildman–Crippen MR) is 99.6 cm³/mol. The molecule has 0 aromatic rings. The van der Waals surface area contributed by atoms with Crippen LogP contribution in [0.2, 0.25) is 0 Å². The molecular weight excluding hydrogens is 367 g/mol. The van der Waals surface area contributed by atoms with E-state index in [0.717, 1.165) is 19.3 Å².